The molecule has 0 aliphatic carbocycles. The predicted octanol–water partition coefficient (Wildman–Crippen LogP) is 3.18. The minimum atomic E-state index is -0.463. The summed E-state index contributed by atoms with van der Waals surface area (Å²) in [6.07, 6.45) is 1.60. The van der Waals surface area contributed by atoms with E-state index < -0.39 is 5.60 Å². The third-order valence-electron chi connectivity index (χ3n) is 3.64. The lowest BCUT2D eigenvalue weighted by Crippen LogP contribution is -2.40. The summed E-state index contributed by atoms with van der Waals surface area (Å²) in [5, 5.41) is 3.32. The number of alkyl carbamates (subject to hydrolysis) is 1. The minimum absolute atomic E-state index is 0.353. The van der Waals surface area contributed by atoms with E-state index in [1.807, 2.05) is 27.7 Å². The van der Waals surface area contributed by atoms with Gasteiger partial charge in [-0.3, -0.25) is 0 Å². The third-order valence-corrected chi connectivity index (χ3v) is 3.84. The van der Waals surface area contributed by atoms with Crippen LogP contribution in [0.4, 0.5) is 10.7 Å². The predicted molar refractivity (Wildman–Crippen MR) is 91.0 cm³/mol. The normalized spacial score (nSPS) is 16.3. The van der Waals surface area contributed by atoms with Crippen LogP contribution >= 0.6 is 11.6 Å². The summed E-state index contributed by atoms with van der Waals surface area (Å²) in [6, 6.07) is 1.75. The van der Waals surface area contributed by atoms with Gasteiger partial charge in [0.05, 0.1) is 0 Å². The Balaban J connectivity index is 1.79. The first-order chi connectivity index (χ1) is 10.7. The Labute approximate surface area is 142 Å². The Morgan fingerprint density at radius 1 is 1.39 bits per heavy atom. The van der Waals surface area contributed by atoms with E-state index in [4.69, 9.17) is 16.3 Å². The van der Waals surface area contributed by atoms with Crippen LogP contribution in [-0.4, -0.2) is 41.3 Å². The zero-order valence-corrected chi connectivity index (χ0v) is 15.0. The molecule has 1 N–H and O–H groups in total. The maximum atomic E-state index is 11.7. The SMILES string of the molecule is Cc1cc(Cl)nc(N2CCC(CNC(=O)OC(C)(C)C)CC2)n1. The van der Waals surface area contributed by atoms with E-state index in [2.05, 4.69) is 20.2 Å². The number of halogens is 1. The number of anilines is 1. The molecule has 128 valence electrons. The number of nitrogens with zero attached hydrogens (tertiary/aromatic N) is 3. The molecule has 1 amide bonds. The number of aryl methyl sites for hydroxylation is 1. The van der Waals surface area contributed by atoms with Crippen LogP contribution in [0.15, 0.2) is 6.07 Å². The fraction of sp³-hybridized carbons (Fsp3) is 0.688. The van der Waals surface area contributed by atoms with Gasteiger partial charge in [-0.05, 0) is 52.5 Å². The second kappa shape index (κ2) is 7.34. The largest absolute Gasteiger partial charge is 0.444 e. The van der Waals surface area contributed by atoms with Crippen molar-refractivity contribution in [3.63, 3.8) is 0 Å². The zero-order valence-electron chi connectivity index (χ0n) is 14.2. The van der Waals surface area contributed by atoms with Crippen molar-refractivity contribution in [2.75, 3.05) is 24.5 Å². The molecule has 1 aromatic rings. The molecular weight excluding hydrogens is 316 g/mol. The summed E-state index contributed by atoms with van der Waals surface area (Å²) >= 11 is 6.00. The Morgan fingerprint density at radius 3 is 2.61 bits per heavy atom. The van der Waals surface area contributed by atoms with E-state index in [1.165, 1.54) is 0 Å². The standard InChI is InChI=1S/C16H25ClN4O2/c1-11-9-13(17)20-14(19-11)21-7-5-12(6-8-21)10-18-15(22)23-16(2,3)4/h9,12H,5-8,10H2,1-4H3,(H,18,22). The van der Waals surface area contributed by atoms with Gasteiger partial charge in [0.25, 0.3) is 0 Å². The van der Waals surface area contributed by atoms with Crippen LogP contribution in [0, 0.1) is 12.8 Å². The third kappa shape index (κ3) is 5.86. The molecule has 0 radical (unpaired) electrons. The van der Waals surface area contributed by atoms with Gasteiger partial charge in [-0.25, -0.2) is 14.8 Å². The number of rotatable bonds is 3. The molecule has 1 fully saturated rings. The number of carbonyl (C=O) groups excluding carboxylic acids is 1. The van der Waals surface area contributed by atoms with Crippen molar-refractivity contribution in [2.24, 2.45) is 5.92 Å². The van der Waals surface area contributed by atoms with Gasteiger partial charge in [0.15, 0.2) is 0 Å². The quantitative estimate of drug-likeness (QED) is 0.856. The molecule has 0 atom stereocenters. The van der Waals surface area contributed by atoms with E-state index in [0.717, 1.165) is 31.6 Å². The molecule has 23 heavy (non-hydrogen) atoms. The van der Waals surface area contributed by atoms with Crippen molar-refractivity contribution < 1.29 is 9.53 Å². The van der Waals surface area contributed by atoms with Gasteiger partial charge in [0.1, 0.15) is 10.8 Å². The van der Waals surface area contributed by atoms with Crippen LogP contribution in [0.3, 0.4) is 0 Å². The number of amides is 1. The number of piperidine rings is 1. The van der Waals surface area contributed by atoms with Gasteiger partial charge in [0, 0.05) is 25.3 Å². The Morgan fingerprint density at radius 2 is 2.04 bits per heavy atom. The fourth-order valence-electron chi connectivity index (χ4n) is 2.54. The van der Waals surface area contributed by atoms with Crippen molar-refractivity contribution in [1.82, 2.24) is 15.3 Å². The molecule has 6 nitrogen and oxygen atoms in total. The summed E-state index contributed by atoms with van der Waals surface area (Å²) in [6.45, 7) is 9.85. The lowest BCUT2D eigenvalue weighted by atomic mass is 9.97. The van der Waals surface area contributed by atoms with Crippen LogP contribution in [0.2, 0.25) is 5.15 Å². The van der Waals surface area contributed by atoms with Crippen molar-refractivity contribution in [2.45, 2.75) is 46.1 Å². The van der Waals surface area contributed by atoms with Crippen molar-refractivity contribution in [3.8, 4) is 0 Å². The van der Waals surface area contributed by atoms with Gasteiger partial charge in [-0.2, -0.15) is 0 Å². The molecule has 0 unspecified atom stereocenters. The maximum Gasteiger partial charge on any atom is 0.407 e. The number of hydrogen-bond acceptors (Lipinski definition) is 5. The number of carbonyl (C=O) groups is 1. The average Bonchev–Trinajstić information content (AvgIpc) is 2.43. The molecule has 1 aliphatic heterocycles. The van der Waals surface area contributed by atoms with Gasteiger partial charge in [-0.15, -0.1) is 0 Å². The first kappa shape index (κ1) is 17.8. The van der Waals surface area contributed by atoms with Crippen LogP contribution in [0.25, 0.3) is 0 Å². The maximum absolute atomic E-state index is 11.7. The molecule has 0 saturated carbocycles. The average molecular weight is 341 g/mol. The number of hydrogen-bond donors (Lipinski definition) is 1. The van der Waals surface area contributed by atoms with Crippen molar-refractivity contribution >= 4 is 23.6 Å². The van der Waals surface area contributed by atoms with E-state index in [1.54, 1.807) is 6.07 Å². The monoisotopic (exact) mass is 340 g/mol. The van der Waals surface area contributed by atoms with Gasteiger partial charge >= 0.3 is 6.09 Å². The first-order valence-electron chi connectivity index (χ1n) is 7.96. The van der Waals surface area contributed by atoms with Crippen LogP contribution < -0.4 is 10.2 Å². The van der Waals surface area contributed by atoms with E-state index in [-0.39, 0.29) is 6.09 Å². The van der Waals surface area contributed by atoms with Gasteiger partial charge in [-0.1, -0.05) is 11.6 Å². The summed E-state index contributed by atoms with van der Waals surface area (Å²) < 4.78 is 5.25. The summed E-state index contributed by atoms with van der Waals surface area (Å²) in [5.41, 5.74) is 0.406. The Kier molecular flexibility index (Phi) is 5.68. The number of ether oxygens (including phenoxy) is 1. The first-order valence-corrected chi connectivity index (χ1v) is 8.34. The number of aromatic nitrogens is 2. The number of nitrogens with one attached hydrogen (secondary N) is 1. The van der Waals surface area contributed by atoms with Gasteiger partial charge in [0.2, 0.25) is 5.95 Å². The second-order valence-corrected chi connectivity index (χ2v) is 7.33. The highest BCUT2D eigenvalue weighted by Crippen LogP contribution is 2.22. The molecule has 7 heteroatoms. The minimum Gasteiger partial charge on any atom is -0.444 e. The lowest BCUT2D eigenvalue weighted by Gasteiger charge is -2.32. The van der Waals surface area contributed by atoms with E-state index in [0.29, 0.717) is 23.6 Å². The molecule has 2 rings (SSSR count). The van der Waals surface area contributed by atoms with Crippen molar-refractivity contribution in [1.29, 1.82) is 0 Å². The highest BCUT2D eigenvalue weighted by atomic mass is 35.5. The second-order valence-electron chi connectivity index (χ2n) is 6.95. The molecule has 1 aromatic heterocycles. The Bertz CT molecular complexity index is 531. The molecule has 1 aliphatic rings. The Hall–Kier alpha value is -1.56. The van der Waals surface area contributed by atoms with Gasteiger partial charge < -0.3 is 15.0 Å². The zero-order chi connectivity index (χ0) is 17.0. The molecule has 1 saturated heterocycles. The topological polar surface area (TPSA) is 67.4 Å². The summed E-state index contributed by atoms with van der Waals surface area (Å²) in [7, 11) is 0. The molecule has 0 aromatic carbocycles. The lowest BCUT2D eigenvalue weighted by molar-refractivity contribution is 0.0517. The molecule has 2 heterocycles. The van der Waals surface area contributed by atoms with Crippen molar-refractivity contribution in [3.05, 3.63) is 16.9 Å². The van der Waals surface area contributed by atoms with Crippen LogP contribution in [0.1, 0.15) is 39.3 Å². The highest BCUT2D eigenvalue weighted by molar-refractivity contribution is 6.29. The van der Waals surface area contributed by atoms with E-state index >= 15 is 0 Å². The molecule has 0 bridgehead atoms. The fourth-order valence-corrected chi connectivity index (χ4v) is 2.77. The molecular formula is C16H25ClN4O2. The highest BCUT2D eigenvalue weighted by Gasteiger charge is 2.23. The summed E-state index contributed by atoms with van der Waals surface area (Å²) in [4.78, 5) is 22.6. The van der Waals surface area contributed by atoms with Crippen LogP contribution in [-0.2, 0) is 4.74 Å². The van der Waals surface area contributed by atoms with Crippen LogP contribution in [0.5, 0.6) is 0 Å². The van der Waals surface area contributed by atoms with E-state index in [9.17, 15) is 4.79 Å². The summed E-state index contributed by atoms with van der Waals surface area (Å²) in [5.74, 6) is 1.13. The molecule has 0 spiro atoms. The smallest absolute Gasteiger partial charge is 0.407 e.